The van der Waals surface area contributed by atoms with Gasteiger partial charge in [0.25, 0.3) is 0 Å². The van der Waals surface area contributed by atoms with Crippen molar-refractivity contribution in [2.75, 3.05) is 23.3 Å². The van der Waals surface area contributed by atoms with Gasteiger partial charge in [0.05, 0.1) is 11.3 Å². The summed E-state index contributed by atoms with van der Waals surface area (Å²) in [6, 6.07) is 3.98. The van der Waals surface area contributed by atoms with Crippen molar-refractivity contribution in [2.24, 2.45) is 0 Å². The first-order valence-electron chi connectivity index (χ1n) is 6.86. The van der Waals surface area contributed by atoms with Gasteiger partial charge in [0, 0.05) is 43.3 Å². The fourth-order valence-corrected chi connectivity index (χ4v) is 2.27. The molecule has 6 heteroatoms. The molecule has 0 bridgehead atoms. The van der Waals surface area contributed by atoms with Crippen LogP contribution in [0.2, 0.25) is 0 Å². The van der Waals surface area contributed by atoms with E-state index < -0.39 is 0 Å². The molecule has 1 aromatic heterocycles. The molecule has 1 aliphatic rings. The Balaban J connectivity index is 2.25. The minimum atomic E-state index is 0.223. The Bertz CT molecular complexity index is 587. The van der Waals surface area contributed by atoms with E-state index in [1.807, 2.05) is 6.07 Å². The molecule has 0 radical (unpaired) electrons. The van der Waals surface area contributed by atoms with Crippen molar-refractivity contribution in [3.05, 3.63) is 29.6 Å². The fourth-order valence-electron chi connectivity index (χ4n) is 2.27. The first kappa shape index (κ1) is 14.7. The van der Waals surface area contributed by atoms with Crippen LogP contribution in [0, 0.1) is 16.7 Å². The van der Waals surface area contributed by atoms with Gasteiger partial charge in [0.15, 0.2) is 6.29 Å². The molecule has 2 N–H and O–H groups in total. The quantitative estimate of drug-likeness (QED) is 0.490. The summed E-state index contributed by atoms with van der Waals surface area (Å²) in [6.07, 6.45) is 7.99. The zero-order valence-electron chi connectivity index (χ0n) is 11.7. The fraction of sp³-hybridized carbons (Fsp3) is 0.333. The van der Waals surface area contributed by atoms with Gasteiger partial charge < -0.3 is 15.6 Å². The predicted molar refractivity (Wildman–Crippen MR) is 81.6 cm³/mol. The molecule has 0 atom stereocenters. The van der Waals surface area contributed by atoms with Gasteiger partial charge in [0.2, 0.25) is 0 Å². The van der Waals surface area contributed by atoms with E-state index in [4.69, 9.17) is 5.41 Å². The Hall–Kier alpha value is -2.68. The smallest absolute Gasteiger partial charge is 0.153 e. The highest BCUT2D eigenvalue weighted by Crippen LogP contribution is 2.25. The Kier molecular flexibility index (Phi) is 5.04. The second-order valence-corrected chi connectivity index (χ2v) is 4.80. The van der Waals surface area contributed by atoms with Crippen LogP contribution in [0.4, 0.5) is 11.5 Å². The van der Waals surface area contributed by atoms with Crippen LogP contribution in [-0.4, -0.2) is 30.6 Å². The van der Waals surface area contributed by atoms with Crippen LogP contribution in [0.15, 0.2) is 24.0 Å². The van der Waals surface area contributed by atoms with Crippen molar-refractivity contribution in [1.82, 2.24) is 4.98 Å². The molecular formula is C15H17N5O. The standard InChI is InChI=1S/C15H17N5O/c16-7-12(11-21)9-18-15-6-14(13(8-17)10-19-15)20-4-2-1-3-5-20/h6-7,9-11,16H,1-5H2,(H,18,19)/b12-9+,16-7?. The number of hydrogen-bond donors (Lipinski definition) is 2. The van der Waals surface area contributed by atoms with Crippen LogP contribution < -0.4 is 10.2 Å². The van der Waals surface area contributed by atoms with Crippen LogP contribution in [0.25, 0.3) is 0 Å². The van der Waals surface area contributed by atoms with Crippen molar-refractivity contribution in [2.45, 2.75) is 19.3 Å². The Labute approximate surface area is 123 Å². The molecule has 1 aromatic rings. The zero-order valence-corrected chi connectivity index (χ0v) is 11.7. The number of carbonyl (C=O) groups excluding carboxylic acids is 1. The number of pyridine rings is 1. The van der Waals surface area contributed by atoms with Crippen molar-refractivity contribution in [1.29, 1.82) is 10.7 Å². The van der Waals surface area contributed by atoms with Crippen LogP contribution in [0.3, 0.4) is 0 Å². The third-order valence-corrected chi connectivity index (χ3v) is 3.39. The summed E-state index contributed by atoms with van der Waals surface area (Å²) in [6.45, 7) is 1.88. The summed E-state index contributed by atoms with van der Waals surface area (Å²) in [5.41, 5.74) is 1.64. The Morgan fingerprint density at radius 2 is 2.19 bits per heavy atom. The third-order valence-electron chi connectivity index (χ3n) is 3.39. The van der Waals surface area contributed by atoms with E-state index in [0.717, 1.165) is 37.8 Å². The van der Waals surface area contributed by atoms with Gasteiger partial charge in [-0.1, -0.05) is 0 Å². The number of carbonyl (C=O) groups is 1. The molecule has 0 spiro atoms. The molecule has 1 saturated heterocycles. The van der Waals surface area contributed by atoms with Crippen molar-refractivity contribution < 1.29 is 4.79 Å². The average molecular weight is 283 g/mol. The monoisotopic (exact) mass is 283 g/mol. The number of hydrogen-bond acceptors (Lipinski definition) is 6. The Morgan fingerprint density at radius 1 is 1.43 bits per heavy atom. The lowest BCUT2D eigenvalue weighted by Gasteiger charge is -2.29. The number of allylic oxidation sites excluding steroid dienone is 1. The van der Waals surface area contributed by atoms with E-state index in [1.165, 1.54) is 18.8 Å². The average Bonchev–Trinajstić information content (AvgIpc) is 2.56. The van der Waals surface area contributed by atoms with Crippen LogP contribution in [0.5, 0.6) is 0 Å². The van der Waals surface area contributed by atoms with E-state index >= 15 is 0 Å². The lowest BCUT2D eigenvalue weighted by Crippen LogP contribution is -2.30. The van der Waals surface area contributed by atoms with E-state index in [0.29, 0.717) is 17.7 Å². The van der Waals surface area contributed by atoms with Gasteiger partial charge in [-0.15, -0.1) is 0 Å². The van der Waals surface area contributed by atoms with Crippen molar-refractivity contribution >= 4 is 24.0 Å². The van der Waals surface area contributed by atoms with Gasteiger partial charge in [-0.2, -0.15) is 5.26 Å². The zero-order chi connectivity index (χ0) is 15.1. The van der Waals surface area contributed by atoms with Crippen LogP contribution in [0.1, 0.15) is 24.8 Å². The van der Waals surface area contributed by atoms with Gasteiger partial charge in [-0.25, -0.2) is 4.98 Å². The minimum absolute atomic E-state index is 0.223. The second-order valence-electron chi connectivity index (χ2n) is 4.80. The summed E-state index contributed by atoms with van der Waals surface area (Å²) in [4.78, 5) is 17.0. The Morgan fingerprint density at radius 3 is 2.81 bits per heavy atom. The number of aromatic nitrogens is 1. The highest BCUT2D eigenvalue weighted by Gasteiger charge is 2.15. The maximum absolute atomic E-state index is 10.6. The SMILES string of the molecule is N#Cc1cnc(N/C=C(\C=N)C=O)cc1N1CCCCC1. The number of nitriles is 1. The van der Waals surface area contributed by atoms with E-state index in [1.54, 1.807) is 0 Å². The van der Waals surface area contributed by atoms with Gasteiger partial charge in [0.1, 0.15) is 11.9 Å². The van der Waals surface area contributed by atoms with Gasteiger partial charge in [-0.3, -0.25) is 4.79 Å². The molecule has 2 heterocycles. The number of nitrogens with one attached hydrogen (secondary N) is 2. The van der Waals surface area contributed by atoms with E-state index in [-0.39, 0.29) is 5.57 Å². The molecule has 1 fully saturated rings. The largest absolute Gasteiger partial charge is 0.370 e. The molecule has 0 aromatic carbocycles. The number of nitrogens with zero attached hydrogens (tertiary/aromatic N) is 3. The maximum Gasteiger partial charge on any atom is 0.153 e. The number of piperidine rings is 1. The normalized spacial score (nSPS) is 15.2. The molecule has 0 saturated carbocycles. The molecule has 21 heavy (non-hydrogen) atoms. The summed E-state index contributed by atoms with van der Waals surface area (Å²) < 4.78 is 0. The van der Waals surface area contributed by atoms with Crippen LogP contribution >= 0.6 is 0 Å². The maximum atomic E-state index is 10.6. The highest BCUT2D eigenvalue weighted by molar-refractivity contribution is 6.00. The number of anilines is 2. The second kappa shape index (κ2) is 7.20. The highest BCUT2D eigenvalue weighted by atomic mass is 16.1. The molecular weight excluding hydrogens is 266 g/mol. The number of rotatable bonds is 5. The molecule has 1 aliphatic heterocycles. The lowest BCUT2D eigenvalue weighted by molar-refractivity contribution is -0.104. The molecule has 0 unspecified atom stereocenters. The predicted octanol–water partition coefficient (Wildman–Crippen LogP) is 2.09. The first-order valence-corrected chi connectivity index (χ1v) is 6.86. The van der Waals surface area contributed by atoms with Gasteiger partial charge >= 0.3 is 0 Å². The van der Waals surface area contributed by atoms with Crippen molar-refractivity contribution in [3.63, 3.8) is 0 Å². The van der Waals surface area contributed by atoms with Gasteiger partial charge in [-0.05, 0) is 19.3 Å². The number of aldehydes is 1. The summed E-state index contributed by atoms with van der Waals surface area (Å²) in [7, 11) is 0. The molecule has 0 amide bonds. The molecule has 2 rings (SSSR count). The van der Waals surface area contributed by atoms with E-state index in [2.05, 4.69) is 21.3 Å². The summed E-state index contributed by atoms with van der Waals surface area (Å²) in [5, 5.41) is 19.2. The summed E-state index contributed by atoms with van der Waals surface area (Å²) >= 11 is 0. The van der Waals surface area contributed by atoms with Crippen LogP contribution in [-0.2, 0) is 4.79 Å². The third kappa shape index (κ3) is 3.66. The first-order chi connectivity index (χ1) is 10.3. The van der Waals surface area contributed by atoms with E-state index in [9.17, 15) is 10.1 Å². The lowest BCUT2D eigenvalue weighted by atomic mass is 10.1. The summed E-state index contributed by atoms with van der Waals surface area (Å²) in [5.74, 6) is 0.552. The molecule has 108 valence electrons. The topological polar surface area (TPSA) is 92.9 Å². The molecule has 6 nitrogen and oxygen atoms in total. The van der Waals surface area contributed by atoms with Crippen molar-refractivity contribution in [3.8, 4) is 6.07 Å². The minimum Gasteiger partial charge on any atom is -0.370 e. The molecule has 0 aliphatic carbocycles.